The number of amides is 1. The van der Waals surface area contributed by atoms with Crippen molar-refractivity contribution in [2.45, 2.75) is 39.1 Å². The first-order chi connectivity index (χ1) is 23.1. The summed E-state index contributed by atoms with van der Waals surface area (Å²) in [7, 11) is 0. The van der Waals surface area contributed by atoms with Crippen molar-refractivity contribution in [2.75, 3.05) is 34.8 Å². The summed E-state index contributed by atoms with van der Waals surface area (Å²) in [6.07, 6.45) is -2.69. The van der Waals surface area contributed by atoms with Gasteiger partial charge < -0.3 is 21.7 Å². The molecule has 10 nitrogen and oxygen atoms in total. The Morgan fingerprint density at radius 1 is 0.771 bits per heavy atom. The first-order valence-corrected chi connectivity index (χ1v) is 16.4. The molecule has 4 aromatic carbocycles. The number of azo groups is 1. The molecule has 244 valence electrons. The van der Waals surface area contributed by atoms with Crippen LogP contribution in [0.4, 0.5) is 47.6 Å². The molecule has 0 bridgehead atoms. The number of hydrogen-bond acceptors (Lipinski definition) is 11. The molecule has 1 saturated heterocycles. The van der Waals surface area contributed by atoms with Crippen molar-refractivity contribution >= 4 is 63.8 Å². The molecule has 6 rings (SSSR count). The van der Waals surface area contributed by atoms with E-state index in [-0.39, 0.29) is 17.3 Å². The second-order valence-corrected chi connectivity index (χ2v) is 12.7. The molecule has 0 unspecified atom stereocenters. The van der Waals surface area contributed by atoms with Gasteiger partial charge in [-0.15, -0.1) is 10.2 Å². The van der Waals surface area contributed by atoms with Crippen molar-refractivity contribution in [3.05, 3.63) is 102 Å². The predicted molar refractivity (Wildman–Crippen MR) is 181 cm³/mol. The number of nitrogens with zero attached hydrogens (tertiary/aromatic N) is 6. The maximum absolute atomic E-state index is 13.7. The quantitative estimate of drug-likeness (QED) is 0.102. The number of carbonyl (C=O) groups excluding carboxylic acids is 1. The van der Waals surface area contributed by atoms with E-state index in [0.717, 1.165) is 53.5 Å². The number of aromatic nitrogens is 3. The lowest BCUT2D eigenvalue weighted by molar-refractivity contribution is -0.137. The third-order valence-corrected chi connectivity index (χ3v) is 8.93. The standard InChI is InChI=1S/C33H28F3N9OS2/c34-33(35,36)26-6-2-1-5-25(26)29(46)39-28-19-22(45-17-3-4-18-45)11-16-27(28)43-44-30-40-31(47-23-12-7-20(37)8-13-23)42-32(41-30)48-24-14-9-21(38)10-15-24/h1-2,5-16,19H,3-4,17-18,37-38H2,(H,39,46). The van der Waals surface area contributed by atoms with Crippen LogP contribution in [0.1, 0.15) is 28.8 Å². The molecule has 1 fully saturated rings. The number of hydrogen-bond donors (Lipinski definition) is 3. The Hall–Kier alpha value is -5.15. The molecule has 0 spiro atoms. The SMILES string of the molecule is Nc1ccc(Sc2nc(N=Nc3ccc(N4CCCC4)cc3NC(=O)c3ccccc3C(F)(F)F)nc(Sc3ccc(N)cc3)n2)cc1. The normalized spacial score (nSPS) is 13.3. The van der Waals surface area contributed by atoms with Crippen molar-refractivity contribution in [1.82, 2.24) is 15.0 Å². The summed E-state index contributed by atoms with van der Waals surface area (Å²) < 4.78 is 41.2. The van der Waals surface area contributed by atoms with Gasteiger partial charge in [0, 0.05) is 39.9 Å². The Kier molecular flexibility index (Phi) is 9.77. The number of carbonyl (C=O) groups is 1. The van der Waals surface area contributed by atoms with Crippen molar-refractivity contribution in [2.24, 2.45) is 10.2 Å². The molecule has 1 amide bonds. The van der Waals surface area contributed by atoms with Crippen LogP contribution >= 0.6 is 23.5 Å². The monoisotopic (exact) mass is 687 g/mol. The second-order valence-electron chi connectivity index (χ2n) is 10.6. The lowest BCUT2D eigenvalue weighted by Crippen LogP contribution is -2.20. The van der Waals surface area contributed by atoms with Gasteiger partial charge in [-0.3, -0.25) is 4.79 Å². The van der Waals surface area contributed by atoms with Crippen LogP contribution in [0.25, 0.3) is 0 Å². The zero-order valence-corrected chi connectivity index (χ0v) is 26.8. The number of nitrogens with one attached hydrogen (secondary N) is 1. The molecular weight excluding hydrogens is 660 g/mol. The molecule has 1 aliphatic rings. The van der Waals surface area contributed by atoms with E-state index in [9.17, 15) is 18.0 Å². The highest BCUT2D eigenvalue weighted by Gasteiger charge is 2.35. The highest BCUT2D eigenvalue weighted by Crippen LogP contribution is 2.36. The lowest BCUT2D eigenvalue weighted by Gasteiger charge is -2.19. The molecule has 0 radical (unpaired) electrons. The molecule has 48 heavy (non-hydrogen) atoms. The van der Waals surface area contributed by atoms with Crippen LogP contribution in [0, 0.1) is 0 Å². The Morgan fingerprint density at radius 2 is 1.35 bits per heavy atom. The lowest BCUT2D eigenvalue weighted by atomic mass is 10.1. The summed E-state index contributed by atoms with van der Waals surface area (Å²) in [6.45, 7) is 1.64. The number of benzene rings is 4. The van der Waals surface area contributed by atoms with Gasteiger partial charge in [0.25, 0.3) is 11.9 Å². The maximum atomic E-state index is 13.7. The number of anilines is 4. The third-order valence-electron chi connectivity index (χ3n) is 7.18. The summed E-state index contributed by atoms with van der Waals surface area (Å²) in [5, 5.41) is 12.0. The van der Waals surface area contributed by atoms with E-state index < -0.39 is 23.2 Å². The van der Waals surface area contributed by atoms with Gasteiger partial charge in [-0.25, -0.2) is 0 Å². The van der Waals surface area contributed by atoms with Crippen LogP contribution in [0.5, 0.6) is 0 Å². The molecule has 1 aliphatic heterocycles. The Bertz CT molecular complexity index is 1880. The van der Waals surface area contributed by atoms with E-state index in [4.69, 9.17) is 11.5 Å². The number of alkyl halides is 3. The first-order valence-electron chi connectivity index (χ1n) is 14.7. The van der Waals surface area contributed by atoms with Crippen LogP contribution in [-0.4, -0.2) is 33.9 Å². The summed E-state index contributed by atoms with van der Waals surface area (Å²) in [6, 6.07) is 24.2. The average molecular weight is 688 g/mol. The van der Waals surface area contributed by atoms with E-state index in [1.165, 1.54) is 35.7 Å². The summed E-state index contributed by atoms with van der Waals surface area (Å²) in [5.41, 5.74) is 12.6. The van der Waals surface area contributed by atoms with E-state index in [0.29, 0.717) is 21.7 Å². The highest BCUT2D eigenvalue weighted by atomic mass is 32.2. The molecule has 5 aromatic rings. The Morgan fingerprint density at radius 3 is 1.94 bits per heavy atom. The molecule has 0 aliphatic carbocycles. The van der Waals surface area contributed by atoms with Crippen molar-refractivity contribution < 1.29 is 18.0 Å². The van der Waals surface area contributed by atoms with E-state index in [1.54, 1.807) is 36.4 Å². The number of nitrogens with two attached hydrogens (primary N) is 2. The van der Waals surface area contributed by atoms with E-state index in [1.807, 2.05) is 30.3 Å². The minimum Gasteiger partial charge on any atom is -0.399 e. The highest BCUT2D eigenvalue weighted by molar-refractivity contribution is 7.99. The minimum atomic E-state index is -4.71. The fourth-order valence-corrected chi connectivity index (χ4v) is 6.39. The van der Waals surface area contributed by atoms with Crippen LogP contribution in [0.2, 0.25) is 0 Å². The molecule has 2 heterocycles. The predicted octanol–water partition coefficient (Wildman–Crippen LogP) is 8.63. The number of nitrogen functional groups attached to an aromatic ring is 2. The molecule has 15 heteroatoms. The second kappa shape index (κ2) is 14.3. The van der Waals surface area contributed by atoms with Gasteiger partial charge in [-0.05, 0) is 115 Å². The largest absolute Gasteiger partial charge is 0.417 e. The molecule has 1 aromatic heterocycles. The fraction of sp³-hybridized carbons (Fsp3) is 0.152. The topological polar surface area (TPSA) is 148 Å². The van der Waals surface area contributed by atoms with Gasteiger partial charge in [0.15, 0.2) is 10.3 Å². The first kappa shape index (κ1) is 32.8. The van der Waals surface area contributed by atoms with Gasteiger partial charge in [-0.2, -0.15) is 28.1 Å². The Balaban J connectivity index is 1.34. The molecular formula is C33H28F3N9OS2. The molecule has 0 saturated carbocycles. The summed E-state index contributed by atoms with van der Waals surface area (Å²) >= 11 is 2.56. The Labute approximate surface area is 282 Å². The van der Waals surface area contributed by atoms with Gasteiger partial charge in [0.2, 0.25) is 0 Å². The zero-order chi connectivity index (χ0) is 33.7. The smallest absolute Gasteiger partial charge is 0.399 e. The molecule has 0 atom stereocenters. The number of rotatable bonds is 9. The van der Waals surface area contributed by atoms with Gasteiger partial charge in [0.1, 0.15) is 5.69 Å². The van der Waals surface area contributed by atoms with Crippen molar-refractivity contribution in [1.29, 1.82) is 0 Å². The fourth-order valence-electron chi connectivity index (χ4n) is 4.85. The van der Waals surface area contributed by atoms with E-state index >= 15 is 0 Å². The average Bonchev–Trinajstić information content (AvgIpc) is 3.61. The van der Waals surface area contributed by atoms with Gasteiger partial charge >= 0.3 is 6.18 Å². The van der Waals surface area contributed by atoms with Crippen LogP contribution in [0.15, 0.2) is 121 Å². The zero-order valence-electron chi connectivity index (χ0n) is 25.2. The van der Waals surface area contributed by atoms with Crippen LogP contribution < -0.4 is 21.7 Å². The van der Waals surface area contributed by atoms with Crippen molar-refractivity contribution in [3.63, 3.8) is 0 Å². The molecule has 5 N–H and O–H groups in total. The maximum Gasteiger partial charge on any atom is 0.417 e. The van der Waals surface area contributed by atoms with Gasteiger partial charge in [-0.1, -0.05) is 12.1 Å². The van der Waals surface area contributed by atoms with Gasteiger partial charge in [0.05, 0.1) is 16.8 Å². The summed E-state index contributed by atoms with van der Waals surface area (Å²) in [4.78, 5) is 30.6. The number of halogens is 3. The van der Waals surface area contributed by atoms with E-state index in [2.05, 4.69) is 35.4 Å². The summed E-state index contributed by atoms with van der Waals surface area (Å²) in [5.74, 6) is -0.938. The van der Waals surface area contributed by atoms with Crippen molar-refractivity contribution in [3.8, 4) is 0 Å². The minimum absolute atomic E-state index is 0.01000. The van der Waals surface area contributed by atoms with Crippen LogP contribution in [-0.2, 0) is 6.18 Å². The van der Waals surface area contributed by atoms with Crippen LogP contribution in [0.3, 0.4) is 0 Å². The third kappa shape index (κ3) is 8.22.